The van der Waals surface area contributed by atoms with E-state index in [1.165, 1.54) is 0 Å². The van der Waals surface area contributed by atoms with E-state index in [1.807, 2.05) is 0 Å². The molecular formula is C10H11NO4. The molecule has 3 N–H and O–H groups in total. The van der Waals surface area contributed by atoms with Gasteiger partial charge in [0.15, 0.2) is 0 Å². The summed E-state index contributed by atoms with van der Waals surface area (Å²) in [4.78, 5) is 21.5. The van der Waals surface area contributed by atoms with Crippen molar-refractivity contribution < 1.29 is 19.8 Å². The van der Waals surface area contributed by atoms with E-state index in [2.05, 4.69) is 5.32 Å². The number of anilines is 1. The van der Waals surface area contributed by atoms with Crippen LogP contribution < -0.4 is 5.32 Å². The summed E-state index contributed by atoms with van der Waals surface area (Å²) in [6, 6.07) is 8.51. The van der Waals surface area contributed by atoms with Crippen LogP contribution in [0.25, 0.3) is 0 Å². The van der Waals surface area contributed by atoms with E-state index in [1.54, 1.807) is 30.3 Å². The maximum atomic E-state index is 11.2. The Morgan fingerprint density at radius 1 is 1.27 bits per heavy atom. The van der Waals surface area contributed by atoms with Gasteiger partial charge in [-0.2, -0.15) is 0 Å². The molecule has 80 valence electrons. The van der Waals surface area contributed by atoms with E-state index in [0.717, 1.165) is 0 Å². The second-order valence-electron chi connectivity index (χ2n) is 2.97. The maximum absolute atomic E-state index is 11.2. The number of rotatable bonds is 4. The highest BCUT2D eigenvalue weighted by atomic mass is 16.4. The van der Waals surface area contributed by atoms with Gasteiger partial charge in [0.05, 0.1) is 6.42 Å². The van der Waals surface area contributed by atoms with Gasteiger partial charge < -0.3 is 15.5 Å². The predicted molar refractivity (Wildman–Crippen MR) is 53.3 cm³/mol. The fraction of sp³-hybridized carbons (Fsp3) is 0.200. The number of benzene rings is 1. The number of carbonyl (C=O) groups excluding carboxylic acids is 1. The van der Waals surface area contributed by atoms with Gasteiger partial charge in [0.25, 0.3) is 5.91 Å². The predicted octanol–water partition coefficient (Wildman–Crippen LogP) is 0.461. The summed E-state index contributed by atoms with van der Waals surface area (Å²) < 4.78 is 0. The fourth-order valence-corrected chi connectivity index (χ4v) is 1.01. The molecular weight excluding hydrogens is 198 g/mol. The first-order valence-electron chi connectivity index (χ1n) is 4.35. The average molecular weight is 209 g/mol. The highest BCUT2D eigenvalue weighted by molar-refractivity contribution is 5.95. The van der Waals surface area contributed by atoms with Gasteiger partial charge in [0.2, 0.25) is 0 Å². The lowest BCUT2D eigenvalue weighted by molar-refractivity contribution is -0.142. The van der Waals surface area contributed by atoms with Crippen LogP contribution in [0.3, 0.4) is 0 Å². The first-order valence-corrected chi connectivity index (χ1v) is 4.35. The number of hydrogen-bond acceptors (Lipinski definition) is 3. The minimum absolute atomic E-state index is 0.520. The van der Waals surface area contributed by atoms with E-state index in [4.69, 9.17) is 10.2 Å². The zero-order chi connectivity index (χ0) is 11.3. The Labute approximate surface area is 86.4 Å². The molecule has 0 saturated heterocycles. The summed E-state index contributed by atoms with van der Waals surface area (Å²) in [6.07, 6.45) is -2.12. The van der Waals surface area contributed by atoms with Gasteiger partial charge in [0.1, 0.15) is 6.10 Å². The highest BCUT2D eigenvalue weighted by Crippen LogP contribution is 2.06. The van der Waals surface area contributed by atoms with Crippen LogP contribution in [-0.4, -0.2) is 28.2 Å². The van der Waals surface area contributed by atoms with Crippen molar-refractivity contribution in [2.45, 2.75) is 12.5 Å². The minimum Gasteiger partial charge on any atom is -0.481 e. The van der Waals surface area contributed by atoms with Gasteiger partial charge in [-0.05, 0) is 12.1 Å². The number of aliphatic hydroxyl groups is 1. The Bertz CT molecular complexity index is 350. The largest absolute Gasteiger partial charge is 0.481 e. The number of nitrogens with one attached hydrogen (secondary N) is 1. The van der Waals surface area contributed by atoms with Crippen molar-refractivity contribution >= 4 is 17.6 Å². The van der Waals surface area contributed by atoms with Crippen molar-refractivity contribution in [1.82, 2.24) is 0 Å². The van der Waals surface area contributed by atoms with Crippen LogP contribution in [0.2, 0.25) is 0 Å². The smallest absolute Gasteiger partial charge is 0.306 e. The molecule has 5 nitrogen and oxygen atoms in total. The van der Waals surface area contributed by atoms with Crippen LogP contribution in [-0.2, 0) is 9.59 Å². The van der Waals surface area contributed by atoms with E-state index < -0.39 is 24.4 Å². The molecule has 0 spiro atoms. The minimum atomic E-state index is -1.53. The van der Waals surface area contributed by atoms with Crippen molar-refractivity contribution in [2.24, 2.45) is 0 Å². The van der Waals surface area contributed by atoms with E-state index >= 15 is 0 Å². The van der Waals surface area contributed by atoms with Crippen LogP contribution in [0.5, 0.6) is 0 Å². The molecule has 0 heterocycles. The van der Waals surface area contributed by atoms with Gasteiger partial charge in [-0.15, -0.1) is 0 Å². The molecule has 1 aromatic rings. The fourth-order valence-electron chi connectivity index (χ4n) is 1.01. The number of hydrogen-bond donors (Lipinski definition) is 3. The van der Waals surface area contributed by atoms with Crippen molar-refractivity contribution in [3.05, 3.63) is 30.3 Å². The Balaban J connectivity index is 2.52. The van der Waals surface area contributed by atoms with E-state index in [-0.39, 0.29) is 0 Å². The Morgan fingerprint density at radius 2 is 1.87 bits per heavy atom. The monoisotopic (exact) mass is 209 g/mol. The lowest BCUT2D eigenvalue weighted by atomic mass is 10.2. The van der Waals surface area contributed by atoms with Crippen molar-refractivity contribution in [3.8, 4) is 0 Å². The third-order valence-electron chi connectivity index (χ3n) is 1.71. The summed E-state index contributed by atoms with van der Waals surface area (Å²) in [6.45, 7) is 0. The number of carboxylic acids is 1. The van der Waals surface area contributed by atoms with Gasteiger partial charge in [-0.1, -0.05) is 18.2 Å². The normalized spacial score (nSPS) is 11.8. The molecule has 0 bridgehead atoms. The maximum Gasteiger partial charge on any atom is 0.306 e. The van der Waals surface area contributed by atoms with Crippen LogP contribution in [0.1, 0.15) is 6.42 Å². The highest BCUT2D eigenvalue weighted by Gasteiger charge is 2.18. The van der Waals surface area contributed by atoms with Crippen LogP contribution in [0.4, 0.5) is 5.69 Å². The quantitative estimate of drug-likeness (QED) is 0.672. The number of carboxylic acid groups (broad SMARTS) is 1. The summed E-state index contributed by atoms with van der Waals surface area (Å²) in [5.41, 5.74) is 0.520. The second kappa shape index (κ2) is 5.11. The molecule has 5 heteroatoms. The van der Waals surface area contributed by atoms with Gasteiger partial charge in [-0.25, -0.2) is 0 Å². The third kappa shape index (κ3) is 3.78. The molecule has 0 radical (unpaired) electrons. The molecule has 1 rings (SSSR count). The number of aliphatic carboxylic acids is 1. The van der Waals surface area contributed by atoms with Gasteiger partial charge in [0, 0.05) is 5.69 Å². The van der Waals surface area contributed by atoms with Crippen LogP contribution >= 0.6 is 0 Å². The molecule has 0 unspecified atom stereocenters. The first-order chi connectivity index (χ1) is 7.09. The molecule has 0 aliphatic rings. The van der Waals surface area contributed by atoms with Crippen LogP contribution in [0, 0.1) is 0 Å². The third-order valence-corrected chi connectivity index (χ3v) is 1.71. The van der Waals surface area contributed by atoms with Gasteiger partial charge in [-0.3, -0.25) is 9.59 Å². The summed E-state index contributed by atoms with van der Waals surface area (Å²) in [7, 11) is 0. The van der Waals surface area contributed by atoms with E-state index in [0.29, 0.717) is 5.69 Å². The lowest BCUT2D eigenvalue weighted by Gasteiger charge is -2.08. The Kier molecular flexibility index (Phi) is 3.82. The molecule has 0 aliphatic heterocycles. The number of amides is 1. The second-order valence-corrected chi connectivity index (χ2v) is 2.97. The topological polar surface area (TPSA) is 86.6 Å². The molecule has 15 heavy (non-hydrogen) atoms. The number of aliphatic hydroxyl groups excluding tert-OH is 1. The van der Waals surface area contributed by atoms with Crippen molar-refractivity contribution in [1.29, 1.82) is 0 Å². The van der Waals surface area contributed by atoms with Crippen LogP contribution in [0.15, 0.2) is 30.3 Å². The van der Waals surface area contributed by atoms with Crippen molar-refractivity contribution in [2.75, 3.05) is 5.32 Å². The average Bonchev–Trinajstić information content (AvgIpc) is 2.18. The summed E-state index contributed by atoms with van der Waals surface area (Å²) >= 11 is 0. The lowest BCUT2D eigenvalue weighted by Crippen LogP contribution is -2.29. The molecule has 1 atom stereocenters. The Morgan fingerprint density at radius 3 is 2.40 bits per heavy atom. The van der Waals surface area contributed by atoms with E-state index in [9.17, 15) is 9.59 Å². The molecule has 0 aromatic heterocycles. The summed E-state index contributed by atoms with van der Waals surface area (Å²) in [5, 5.41) is 19.9. The van der Waals surface area contributed by atoms with Gasteiger partial charge >= 0.3 is 5.97 Å². The molecule has 0 aliphatic carbocycles. The first kappa shape index (κ1) is 11.2. The Hall–Kier alpha value is -1.88. The number of carbonyl (C=O) groups is 2. The zero-order valence-corrected chi connectivity index (χ0v) is 7.88. The molecule has 1 aromatic carbocycles. The molecule has 1 amide bonds. The molecule has 0 saturated carbocycles. The van der Waals surface area contributed by atoms with Crippen molar-refractivity contribution in [3.63, 3.8) is 0 Å². The SMILES string of the molecule is O=C(O)C[C@H](O)C(=O)Nc1ccccc1. The standard InChI is InChI=1S/C10H11NO4/c12-8(6-9(13)14)10(15)11-7-4-2-1-3-5-7/h1-5,8,12H,6H2,(H,11,15)(H,13,14)/t8-/m0/s1. The number of para-hydroxylation sites is 1. The summed E-state index contributed by atoms with van der Waals surface area (Å²) in [5.74, 6) is -1.94. The zero-order valence-electron chi connectivity index (χ0n) is 7.88. The molecule has 0 fully saturated rings.